The van der Waals surface area contributed by atoms with Crippen molar-refractivity contribution < 1.29 is 14.3 Å². The molecule has 4 rings (SSSR count). The number of allylic oxidation sites excluding steroid dienone is 4. The van der Waals surface area contributed by atoms with Crippen molar-refractivity contribution in [1.29, 1.82) is 5.26 Å². The van der Waals surface area contributed by atoms with E-state index in [-0.39, 0.29) is 34.1 Å². The Balaban J connectivity index is 1.89. The maximum atomic E-state index is 12.9. The Labute approximate surface area is 183 Å². The fourth-order valence-corrected chi connectivity index (χ4v) is 3.72. The van der Waals surface area contributed by atoms with E-state index in [0.717, 1.165) is 11.1 Å². The van der Waals surface area contributed by atoms with Gasteiger partial charge in [0.15, 0.2) is 5.75 Å². The van der Waals surface area contributed by atoms with Gasteiger partial charge in [-0.2, -0.15) is 5.26 Å². The van der Waals surface area contributed by atoms with E-state index in [2.05, 4.69) is 17.8 Å². The number of nitrogens with two attached hydrogens (primary N) is 1. The van der Waals surface area contributed by atoms with E-state index < -0.39 is 11.5 Å². The second-order valence-corrected chi connectivity index (χ2v) is 7.23. The first-order valence-electron chi connectivity index (χ1n) is 9.71. The quantitative estimate of drug-likeness (QED) is 0.364. The number of ether oxygens (including phenoxy) is 1. The lowest BCUT2D eigenvalue weighted by Crippen LogP contribution is -2.26. The Morgan fingerprint density at radius 3 is 2.72 bits per heavy atom. The van der Waals surface area contributed by atoms with Gasteiger partial charge in [-0.15, -0.1) is 0 Å². The van der Waals surface area contributed by atoms with Crippen LogP contribution in [0.1, 0.15) is 29.5 Å². The molecule has 2 aromatic carbocycles. The van der Waals surface area contributed by atoms with E-state index in [9.17, 15) is 15.2 Å². The molecule has 0 saturated heterocycles. The predicted molar refractivity (Wildman–Crippen MR) is 122 cm³/mol. The fourth-order valence-electron chi connectivity index (χ4n) is 3.72. The molecule has 3 aromatic rings. The van der Waals surface area contributed by atoms with Crippen LogP contribution in [0.5, 0.6) is 11.5 Å². The van der Waals surface area contributed by atoms with Crippen LogP contribution >= 0.6 is 0 Å². The molecule has 0 saturated carbocycles. The minimum Gasteiger partial charge on any atom is -0.508 e. The Hall–Kier alpha value is -4.57. The number of nitriles is 1. The number of rotatable bonds is 4. The van der Waals surface area contributed by atoms with Crippen molar-refractivity contribution in [1.82, 2.24) is 0 Å². The van der Waals surface area contributed by atoms with Crippen LogP contribution in [0, 0.1) is 11.3 Å². The molecule has 32 heavy (non-hydrogen) atoms. The number of phenolic OH excluding ortho intramolecular Hbond substituents is 1. The van der Waals surface area contributed by atoms with Gasteiger partial charge >= 0.3 is 5.63 Å². The average molecular weight is 425 g/mol. The topological polar surface area (TPSA) is 122 Å². The van der Waals surface area contributed by atoms with Crippen LogP contribution < -0.4 is 16.1 Å². The summed E-state index contributed by atoms with van der Waals surface area (Å²) < 4.78 is 11.1. The number of nitrogens with zero attached hydrogens (tertiary/aromatic N) is 2. The lowest BCUT2D eigenvalue weighted by Gasteiger charge is -2.26. The van der Waals surface area contributed by atoms with Gasteiger partial charge in [0.25, 0.3) is 0 Å². The first-order chi connectivity index (χ1) is 15.4. The van der Waals surface area contributed by atoms with E-state index in [1.165, 1.54) is 18.2 Å². The van der Waals surface area contributed by atoms with Crippen molar-refractivity contribution in [3.8, 4) is 17.6 Å². The standard InChI is InChI=1S/C25H19N3O4/c1-14(4-3-11-28-2)15-5-7-16(8-6-15)21-19(13-26)24(27)32-23-18-12-17(29)9-10-20(18)31-25(30)22(21)23/h3-12,21,29H,2,27H2,1H3/b11-3-,14-4+. The van der Waals surface area contributed by atoms with Gasteiger partial charge in [0.1, 0.15) is 23.0 Å². The Bertz CT molecular complexity index is 1420. The van der Waals surface area contributed by atoms with Gasteiger partial charge < -0.3 is 20.0 Å². The van der Waals surface area contributed by atoms with Crippen LogP contribution in [0.25, 0.3) is 16.5 Å². The third kappa shape index (κ3) is 3.55. The van der Waals surface area contributed by atoms with Crippen LogP contribution in [0.3, 0.4) is 0 Å². The lowest BCUT2D eigenvalue weighted by molar-refractivity contribution is 0.387. The van der Waals surface area contributed by atoms with E-state index in [1.54, 1.807) is 12.3 Å². The molecule has 3 N–H and O–H groups in total. The molecule has 0 aliphatic carbocycles. The maximum Gasteiger partial charge on any atom is 0.344 e. The summed E-state index contributed by atoms with van der Waals surface area (Å²) >= 11 is 0. The van der Waals surface area contributed by atoms with Gasteiger partial charge in [0, 0.05) is 6.20 Å². The highest BCUT2D eigenvalue weighted by molar-refractivity contribution is 5.87. The highest BCUT2D eigenvalue weighted by Gasteiger charge is 2.35. The van der Waals surface area contributed by atoms with E-state index in [4.69, 9.17) is 14.9 Å². The average Bonchev–Trinajstić information content (AvgIpc) is 2.79. The summed E-state index contributed by atoms with van der Waals surface area (Å²) in [4.78, 5) is 16.6. The largest absolute Gasteiger partial charge is 0.508 e. The van der Waals surface area contributed by atoms with Crippen molar-refractivity contribution in [2.75, 3.05) is 0 Å². The summed E-state index contributed by atoms with van der Waals surface area (Å²) in [6.07, 6.45) is 5.28. The van der Waals surface area contributed by atoms with Crippen molar-refractivity contribution in [2.45, 2.75) is 12.8 Å². The maximum absolute atomic E-state index is 12.9. The molecule has 1 aliphatic rings. The first-order valence-corrected chi connectivity index (χ1v) is 9.71. The second kappa shape index (κ2) is 8.28. The fraction of sp³-hybridized carbons (Fsp3) is 0.0800. The van der Waals surface area contributed by atoms with Crippen molar-refractivity contribution in [2.24, 2.45) is 10.7 Å². The molecule has 2 heterocycles. The van der Waals surface area contributed by atoms with Crippen LogP contribution in [-0.2, 0) is 0 Å². The molecule has 0 radical (unpaired) electrons. The van der Waals surface area contributed by atoms with Gasteiger partial charge in [-0.1, -0.05) is 30.3 Å². The van der Waals surface area contributed by atoms with Crippen LogP contribution in [0.15, 0.2) is 86.5 Å². The number of fused-ring (bicyclic) bond motifs is 3. The van der Waals surface area contributed by atoms with Gasteiger partial charge in [-0.25, -0.2) is 4.79 Å². The minimum absolute atomic E-state index is 0.0188. The molecule has 1 aliphatic heterocycles. The lowest BCUT2D eigenvalue weighted by atomic mass is 9.83. The molecule has 0 fully saturated rings. The molecule has 1 atom stereocenters. The van der Waals surface area contributed by atoms with Gasteiger partial charge in [-0.05, 0) is 54.6 Å². The van der Waals surface area contributed by atoms with Crippen molar-refractivity contribution in [3.63, 3.8) is 0 Å². The van der Waals surface area contributed by atoms with Gasteiger partial charge in [0.05, 0.1) is 16.9 Å². The predicted octanol–water partition coefficient (Wildman–Crippen LogP) is 4.33. The van der Waals surface area contributed by atoms with Crippen LogP contribution in [0.4, 0.5) is 0 Å². The normalized spacial score (nSPS) is 16.0. The molecule has 1 unspecified atom stereocenters. The molecule has 7 nitrogen and oxygen atoms in total. The summed E-state index contributed by atoms with van der Waals surface area (Å²) in [5, 5.41) is 20.1. The van der Waals surface area contributed by atoms with Gasteiger partial charge in [-0.3, -0.25) is 4.99 Å². The first kappa shape index (κ1) is 20.7. The Kier molecular flexibility index (Phi) is 5.36. The third-order valence-electron chi connectivity index (χ3n) is 5.29. The summed E-state index contributed by atoms with van der Waals surface area (Å²) in [6.45, 7) is 5.36. The second-order valence-electron chi connectivity index (χ2n) is 7.23. The Morgan fingerprint density at radius 2 is 2.03 bits per heavy atom. The Morgan fingerprint density at radius 1 is 1.28 bits per heavy atom. The van der Waals surface area contributed by atoms with E-state index >= 15 is 0 Å². The van der Waals surface area contributed by atoms with E-state index in [0.29, 0.717) is 10.9 Å². The number of hydrogen-bond acceptors (Lipinski definition) is 7. The van der Waals surface area contributed by atoms with Crippen LogP contribution in [-0.4, -0.2) is 11.8 Å². The van der Waals surface area contributed by atoms with E-state index in [1.807, 2.05) is 37.3 Å². The van der Waals surface area contributed by atoms with Crippen molar-refractivity contribution >= 4 is 23.3 Å². The third-order valence-corrected chi connectivity index (χ3v) is 5.29. The molecular weight excluding hydrogens is 406 g/mol. The number of phenols is 1. The molecule has 158 valence electrons. The van der Waals surface area contributed by atoms with Crippen LogP contribution in [0.2, 0.25) is 0 Å². The zero-order valence-corrected chi connectivity index (χ0v) is 17.2. The number of aliphatic imine (C=N–C) groups is 1. The number of benzene rings is 2. The molecule has 0 bridgehead atoms. The molecule has 0 amide bonds. The summed E-state index contributed by atoms with van der Waals surface area (Å²) in [7, 11) is 0. The monoisotopic (exact) mass is 425 g/mol. The number of aromatic hydroxyl groups is 1. The SMILES string of the molecule is C=N/C=C\C=C(/C)c1ccc(C2C(C#N)=C(N)Oc3c2c(=O)oc2ccc(O)cc32)cc1. The molecule has 0 spiro atoms. The zero-order chi connectivity index (χ0) is 22.8. The summed E-state index contributed by atoms with van der Waals surface area (Å²) in [5.41, 5.74) is 8.60. The smallest absolute Gasteiger partial charge is 0.344 e. The number of hydrogen-bond donors (Lipinski definition) is 2. The minimum atomic E-state index is -0.769. The summed E-state index contributed by atoms with van der Waals surface area (Å²) in [6, 6.07) is 13.8. The summed E-state index contributed by atoms with van der Waals surface area (Å²) in [5.74, 6) is -0.706. The van der Waals surface area contributed by atoms with Crippen molar-refractivity contribution in [3.05, 3.63) is 99.4 Å². The highest BCUT2D eigenvalue weighted by Crippen LogP contribution is 2.44. The molecule has 1 aromatic heterocycles. The highest BCUT2D eigenvalue weighted by atomic mass is 16.5. The molecule has 7 heteroatoms. The zero-order valence-electron chi connectivity index (χ0n) is 17.2. The van der Waals surface area contributed by atoms with Gasteiger partial charge in [0.2, 0.25) is 5.88 Å². The molecular formula is C25H19N3O4.